The molecule has 0 unspecified atom stereocenters. The van der Waals surface area contributed by atoms with Crippen molar-refractivity contribution in [2.45, 2.75) is 6.42 Å². The summed E-state index contributed by atoms with van der Waals surface area (Å²) in [6.07, 6.45) is 4.00. The number of hydrogen-bond acceptors (Lipinski definition) is 5. The monoisotopic (exact) mass is 418 g/mol. The van der Waals surface area contributed by atoms with Gasteiger partial charge in [-0.1, -0.05) is 18.2 Å². The predicted molar refractivity (Wildman–Crippen MR) is 116 cm³/mol. The van der Waals surface area contributed by atoms with Crippen molar-refractivity contribution >= 4 is 40.6 Å². The number of amides is 2. The number of benzene rings is 2. The Balaban J connectivity index is 1.29. The maximum Gasteiger partial charge on any atom is 0.268 e. The van der Waals surface area contributed by atoms with E-state index < -0.39 is 0 Å². The third-order valence-electron chi connectivity index (χ3n) is 5.05. The molecule has 0 fully saturated rings. The Hall–Kier alpha value is -3.58. The Labute approximate surface area is 177 Å². The van der Waals surface area contributed by atoms with Gasteiger partial charge in [0.1, 0.15) is 0 Å². The fraction of sp³-hybridized carbons (Fsp3) is 0.130. The molecule has 0 saturated carbocycles. The SMILES string of the molecule is O=C(/C=C/c1ccc2c(c1)OCO2)Nc1ccc2c(c1)N(C(=O)c1cccs1)CC2. The van der Waals surface area contributed by atoms with Crippen molar-refractivity contribution in [1.82, 2.24) is 0 Å². The lowest BCUT2D eigenvalue weighted by Gasteiger charge is -2.17. The number of anilines is 2. The Morgan fingerprint density at radius 1 is 1.07 bits per heavy atom. The van der Waals surface area contributed by atoms with Crippen LogP contribution >= 0.6 is 11.3 Å². The van der Waals surface area contributed by atoms with Crippen LogP contribution in [0.4, 0.5) is 11.4 Å². The van der Waals surface area contributed by atoms with E-state index in [0.717, 1.165) is 23.2 Å². The molecule has 2 aliphatic rings. The molecular formula is C23H18N2O4S. The summed E-state index contributed by atoms with van der Waals surface area (Å²) in [5.41, 5.74) is 3.45. The smallest absolute Gasteiger partial charge is 0.268 e. The molecule has 2 amide bonds. The van der Waals surface area contributed by atoms with Crippen molar-refractivity contribution in [3.05, 3.63) is 76.0 Å². The molecule has 5 rings (SSSR count). The van der Waals surface area contributed by atoms with Crippen LogP contribution in [0.1, 0.15) is 20.8 Å². The minimum absolute atomic E-state index is 0.00469. The second kappa shape index (κ2) is 7.68. The number of nitrogens with one attached hydrogen (secondary N) is 1. The second-order valence-corrected chi connectivity index (χ2v) is 7.91. The van der Waals surface area contributed by atoms with Crippen molar-refractivity contribution in [3.8, 4) is 11.5 Å². The van der Waals surface area contributed by atoms with Crippen LogP contribution in [0, 0.1) is 0 Å². The van der Waals surface area contributed by atoms with Crippen molar-refractivity contribution in [2.24, 2.45) is 0 Å². The number of fused-ring (bicyclic) bond motifs is 2. The van der Waals surface area contributed by atoms with Gasteiger partial charge in [0, 0.05) is 24.0 Å². The van der Waals surface area contributed by atoms with Gasteiger partial charge >= 0.3 is 0 Å². The van der Waals surface area contributed by atoms with Crippen LogP contribution in [0.5, 0.6) is 11.5 Å². The van der Waals surface area contributed by atoms with Gasteiger partial charge in [0.15, 0.2) is 11.5 Å². The molecule has 2 aromatic carbocycles. The van der Waals surface area contributed by atoms with Gasteiger partial charge in [-0.3, -0.25) is 9.59 Å². The molecule has 30 heavy (non-hydrogen) atoms. The molecule has 1 aromatic heterocycles. The lowest BCUT2D eigenvalue weighted by atomic mass is 10.1. The molecule has 0 spiro atoms. The van der Waals surface area contributed by atoms with Crippen LogP contribution in [0.2, 0.25) is 0 Å². The first-order valence-electron chi connectivity index (χ1n) is 9.54. The summed E-state index contributed by atoms with van der Waals surface area (Å²) in [6.45, 7) is 0.862. The van der Waals surface area contributed by atoms with E-state index in [0.29, 0.717) is 28.6 Å². The number of ether oxygens (including phenoxy) is 2. The van der Waals surface area contributed by atoms with Gasteiger partial charge in [-0.2, -0.15) is 0 Å². The average Bonchev–Trinajstić information content (AvgIpc) is 3.51. The van der Waals surface area contributed by atoms with E-state index in [1.165, 1.54) is 17.4 Å². The number of carbonyl (C=O) groups is 2. The Bertz CT molecular complexity index is 1150. The third-order valence-corrected chi connectivity index (χ3v) is 5.91. The van der Waals surface area contributed by atoms with E-state index >= 15 is 0 Å². The first-order valence-corrected chi connectivity index (χ1v) is 10.4. The normalized spacial score (nSPS) is 14.2. The van der Waals surface area contributed by atoms with E-state index in [-0.39, 0.29) is 18.6 Å². The van der Waals surface area contributed by atoms with Gasteiger partial charge in [-0.05, 0) is 59.3 Å². The largest absolute Gasteiger partial charge is 0.454 e. The van der Waals surface area contributed by atoms with Gasteiger partial charge in [0.05, 0.1) is 4.88 Å². The molecule has 3 aromatic rings. The van der Waals surface area contributed by atoms with Crippen molar-refractivity contribution in [1.29, 1.82) is 0 Å². The molecule has 0 atom stereocenters. The van der Waals surface area contributed by atoms with Crippen LogP contribution in [0.15, 0.2) is 60.0 Å². The molecule has 6 nitrogen and oxygen atoms in total. The second-order valence-electron chi connectivity index (χ2n) is 6.96. The van der Waals surface area contributed by atoms with Crippen molar-refractivity contribution < 1.29 is 19.1 Å². The lowest BCUT2D eigenvalue weighted by molar-refractivity contribution is -0.111. The molecule has 0 bridgehead atoms. The summed E-state index contributed by atoms with van der Waals surface area (Å²) in [7, 11) is 0. The fourth-order valence-electron chi connectivity index (χ4n) is 3.57. The summed E-state index contributed by atoms with van der Waals surface area (Å²) in [4.78, 5) is 27.6. The van der Waals surface area contributed by atoms with E-state index in [9.17, 15) is 9.59 Å². The maximum absolute atomic E-state index is 12.8. The maximum atomic E-state index is 12.8. The minimum atomic E-state index is -0.248. The molecule has 1 N–H and O–H groups in total. The van der Waals surface area contributed by atoms with Gasteiger partial charge in [-0.15, -0.1) is 11.3 Å². The summed E-state index contributed by atoms with van der Waals surface area (Å²) >= 11 is 1.43. The third kappa shape index (κ3) is 3.55. The molecule has 150 valence electrons. The van der Waals surface area contributed by atoms with Crippen LogP contribution in [-0.4, -0.2) is 25.2 Å². The predicted octanol–water partition coefficient (Wildman–Crippen LogP) is 4.33. The topological polar surface area (TPSA) is 67.9 Å². The zero-order valence-electron chi connectivity index (χ0n) is 16.0. The number of rotatable bonds is 4. The molecule has 7 heteroatoms. The van der Waals surface area contributed by atoms with Gasteiger partial charge < -0.3 is 19.7 Å². The van der Waals surface area contributed by atoms with Gasteiger partial charge in [0.2, 0.25) is 12.7 Å². The molecule has 0 saturated heterocycles. The molecule has 0 aliphatic carbocycles. The standard InChI is InChI=1S/C23H18N2O4S/c26-22(8-4-15-3-7-19-20(12-15)29-14-28-19)24-17-6-5-16-9-10-25(18(16)13-17)23(27)21-2-1-11-30-21/h1-8,11-13H,9-10,14H2,(H,24,26)/b8-4+. The molecule has 2 aliphatic heterocycles. The average molecular weight is 418 g/mol. The van der Waals surface area contributed by atoms with Crippen LogP contribution in [0.25, 0.3) is 6.08 Å². The lowest BCUT2D eigenvalue weighted by Crippen LogP contribution is -2.28. The fourth-order valence-corrected chi connectivity index (χ4v) is 4.25. The van der Waals surface area contributed by atoms with Crippen LogP contribution in [0.3, 0.4) is 0 Å². The highest BCUT2D eigenvalue weighted by atomic mass is 32.1. The summed E-state index contributed by atoms with van der Waals surface area (Å²) < 4.78 is 10.6. The summed E-state index contributed by atoms with van der Waals surface area (Å²) in [5, 5.41) is 4.77. The van der Waals surface area contributed by atoms with Gasteiger partial charge in [0.25, 0.3) is 5.91 Å². The molecule has 3 heterocycles. The number of hydrogen-bond donors (Lipinski definition) is 1. The van der Waals surface area contributed by atoms with Gasteiger partial charge in [-0.25, -0.2) is 0 Å². The molecule has 0 radical (unpaired) electrons. The number of nitrogens with zero attached hydrogens (tertiary/aromatic N) is 1. The highest BCUT2D eigenvalue weighted by Crippen LogP contribution is 2.34. The Morgan fingerprint density at radius 3 is 2.83 bits per heavy atom. The molecular weight excluding hydrogens is 400 g/mol. The first kappa shape index (κ1) is 18.4. The highest BCUT2D eigenvalue weighted by molar-refractivity contribution is 7.12. The number of thiophene rings is 1. The summed E-state index contributed by atoms with van der Waals surface area (Å²) in [5.74, 6) is 1.12. The van der Waals surface area contributed by atoms with E-state index in [1.807, 2.05) is 53.9 Å². The van der Waals surface area contributed by atoms with Crippen LogP contribution < -0.4 is 19.7 Å². The zero-order chi connectivity index (χ0) is 20.5. The Morgan fingerprint density at radius 2 is 1.97 bits per heavy atom. The highest BCUT2D eigenvalue weighted by Gasteiger charge is 2.26. The van der Waals surface area contributed by atoms with E-state index in [1.54, 1.807) is 11.0 Å². The quantitative estimate of drug-likeness (QED) is 0.641. The minimum Gasteiger partial charge on any atom is -0.454 e. The van der Waals surface area contributed by atoms with Crippen molar-refractivity contribution in [3.63, 3.8) is 0 Å². The number of carbonyl (C=O) groups excluding carboxylic acids is 2. The van der Waals surface area contributed by atoms with Crippen LogP contribution in [-0.2, 0) is 11.2 Å². The first-order chi connectivity index (χ1) is 14.7. The summed E-state index contributed by atoms with van der Waals surface area (Å²) in [6, 6.07) is 14.9. The van der Waals surface area contributed by atoms with E-state index in [4.69, 9.17) is 9.47 Å². The Kier molecular flexibility index (Phi) is 4.72. The zero-order valence-corrected chi connectivity index (χ0v) is 16.8. The van der Waals surface area contributed by atoms with Crippen molar-refractivity contribution in [2.75, 3.05) is 23.6 Å². The van der Waals surface area contributed by atoms with E-state index in [2.05, 4.69) is 5.32 Å².